The van der Waals surface area contributed by atoms with Crippen LogP contribution in [0.2, 0.25) is 0 Å². The highest BCUT2D eigenvalue weighted by Crippen LogP contribution is 2.18. The number of nitriles is 1. The van der Waals surface area contributed by atoms with Crippen LogP contribution in [0.3, 0.4) is 0 Å². The van der Waals surface area contributed by atoms with E-state index in [4.69, 9.17) is 5.26 Å². The molecule has 0 aliphatic carbocycles. The van der Waals surface area contributed by atoms with Crippen LogP contribution in [-0.4, -0.2) is 12.5 Å². The fourth-order valence-corrected chi connectivity index (χ4v) is 1.72. The SMILES string of the molecule is N#Cc1ccccc1NC(=O)CNc1c(F)cccc1F. The first-order valence-corrected chi connectivity index (χ1v) is 6.08. The molecule has 0 radical (unpaired) electrons. The van der Waals surface area contributed by atoms with E-state index in [1.807, 2.05) is 6.07 Å². The molecule has 0 atom stereocenters. The number of nitrogens with zero attached hydrogens (tertiary/aromatic N) is 1. The molecule has 0 fully saturated rings. The second-order valence-corrected chi connectivity index (χ2v) is 4.16. The third kappa shape index (κ3) is 3.54. The van der Waals surface area contributed by atoms with E-state index in [2.05, 4.69) is 10.6 Å². The molecule has 0 aliphatic heterocycles. The Morgan fingerprint density at radius 1 is 1.10 bits per heavy atom. The number of hydrogen-bond donors (Lipinski definition) is 2. The summed E-state index contributed by atoms with van der Waals surface area (Å²) in [5, 5.41) is 13.8. The first-order chi connectivity index (χ1) is 10.1. The molecule has 2 rings (SSSR count). The second kappa shape index (κ2) is 6.48. The Morgan fingerprint density at radius 2 is 1.76 bits per heavy atom. The molecule has 4 nitrogen and oxygen atoms in total. The van der Waals surface area contributed by atoms with Gasteiger partial charge in [-0.25, -0.2) is 8.78 Å². The van der Waals surface area contributed by atoms with Crippen LogP contribution in [0.25, 0.3) is 0 Å². The van der Waals surface area contributed by atoms with Gasteiger partial charge in [-0.1, -0.05) is 18.2 Å². The molecule has 106 valence electrons. The highest BCUT2D eigenvalue weighted by molar-refractivity contribution is 5.94. The highest BCUT2D eigenvalue weighted by Gasteiger charge is 2.10. The van der Waals surface area contributed by atoms with Gasteiger partial charge >= 0.3 is 0 Å². The van der Waals surface area contributed by atoms with Crippen molar-refractivity contribution in [3.8, 4) is 6.07 Å². The lowest BCUT2D eigenvalue weighted by molar-refractivity contribution is -0.114. The van der Waals surface area contributed by atoms with Crippen LogP contribution in [-0.2, 0) is 4.79 Å². The summed E-state index contributed by atoms with van der Waals surface area (Å²) in [6.45, 7) is -0.322. The quantitative estimate of drug-likeness (QED) is 0.908. The Balaban J connectivity index is 2.02. The van der Waals surface area contributed by atoms with Gasteiger partial charge in [0.15, 0.2) is 0 Å². The van der Waals surface area contributed by atoms with Gasteiger partial charge in [-0.15, -0.1) is 0 Å². The number of hydrogen-bond acceptors (Lipinski definition) is 3. The van der Waals surface area contributed by atoms with Gasteiger partial charge < -0.3 is 10.6 Å². The standard InChI is InChI=1S/C15H11F2N3O/c16-11-5-3-6-12(17)15(11)19-9-14(21)20-13-7-2-1-4-10(13)8-18/h1-7,19H,9H2,(H,20,21). The zero-order valence-electron chi connectivity index (χ0n) is 10.9. The normalized spacial score (nSPS) is 9.76. The number of halogens is 2. The monoisotopic (exact) mass is 287 g/mol. The van der Waals surface area contributed by atoms with Gasteiger partial charge in [0, 0.05) is 0 Å². The number of carbonyl (C=O) groups excluding carboxylic acids is 1. The Bertz CT molecular complexity index is 690. The number of para-hydroxylation sites is 2. The van der Waals surface area contributed by atoms with Crippen LogP contribution in [0.15, 0.2) is 42.5 Å². The first kappa shape index (κ1) is 14.5. The molecule has 0 saturated heterocycles. The predicted octanol–water partition coefficient (Wildman–Crippen LogP) is 2.89. The van der Waals surface area contributed by atoms with Gasteiger partial charge in [-0.3, -0.25) is 4.79 Å². The van der Waals surface area contributed by atoms with E-state index in [1.54, 1.807) is 24.3 Å². The molecule has 0 saturated carbocycles. The summed E-state index contributed by atoms with van der Waals surface area (Å²) in [4.78, 5) is 11.7. The molecule has 0 aliphatic rings. The zero-order valence-corrected chi connectivity index (χ0v) is 10.9. The third-order valence-corrected chi connectivity index (χ3v) is 2.71. The molecule has 0 unspecified atom stereocenters. The summed E-state index contributed by atoms with van der Waals surface area (Å²) in [7, 11) is 0. The minimum Gasteiger partial charge on any atom is -0.371 e. The van der Waals surface area contributed by atoms with E-state index in [0.29, 0.717) is 11.3 Å². The van der Waals surface area contributed by atoms with E-state index in [9.17, 15) is 13.6 Å². The maximum Gasteiger partial charge on any atom is 0.243 e. The first-order valence-electron chi connectivity index (χ1n) is 6.08. The van der Waals surface area contributed by atoms with Gasteiger partial charge in [0.25, 0.3) is 0 Å². The summed E-state index contributed by atoms with van der Waals surface area (Å²) >= 11 is 0. The fourth-order valence-electron chi connectivity index (χ4n) is 1.72. The lowest BCUT2D eigenvalue weighted by Crippen LogP contribution is -2.23. The van der Waals surface area contributed by atoms with Crippen LogP contribution in [0, 0.1) is 23.0 Å². The molecule has 1 amide bonds. The molecule has 6 heteroatoms. The van der Waals surface area contributed by atoms with E-state index in [1.165, 1.54) is 6.07 Å². The molecule has 2 aromatic carbocycles. The molecule has 2 N–H and O–H groups in total. The third-order valence-electron chi connectivity index (χ3n) is 2.71. The molecule has 0 bridgehead atoms. The van der Waals surface area contributed by atoms with Crippen LogP contribution >= 0.6 is 0 Å². The van der Waals surface area contributed by atoms with Gasteiger partial charge in [0.05, 0.1) is 17.8 Å². The van der Waals surface area contributed by atoms with Crippen molar-refractivity contribution in [3.05, 3.63) is 59.7 Å². The van der Waals surface area contributed by atoms with E-state index < -0.39 is 17.5 Å². The van der Waals surface area contributed by atoms with Crippen molar-refractivity contribution >= 4 is 17.3 Å². The Morgan fingerprint density at radius 3 is 2.43 bits per heavy atom. The van der Waals surface area contributed by atoms with Gasteiger partial charge in [-0.2, -0.15) is 5.26 Å². The second-order valence-electron chi connectivity index (χ2n) is 4.16. The number of benzene rings is 2. The lowest BCUT2D eigenvalue weighted by atomic mass is 10.2. The average Bonchev–Trinajstić information content (AvgIpc) is 2.47. The van der Waals surface area contributed by atoms with Gasteiger partial charge in [0.2, 0.25) is 5.91 Å². The highest BCUT2D eigenvalue weighted by atomic mass is 19.1. The number of carbonyl (C=O) groups is 1. The molecule has 2 aromatic rings. The van der Waals surface area contributed by atoms with Crippen LogP contribution < -0.4 is 10.6 Å². The largest absolute Gasteiger partial charge is 0.371 e. The molecule has 0 spiro atoms. The van der Waals surface area contributed by atoms with Crippen LogP contribution in [0.5, 0.6) is 0 Å². The van der Waals surface area contributed by atoms with E-state index >= 15 is 0 Å². The van der Waals surface area contributed by atoms with E-state index in [0.717, 1.165) is 12.1 Å². The summed E-state index contributed by atoms with van der Waals surface area (Å²) in [5.74, 6) is -2.07. The maximum atomic E-state index is 13.4. The summed E-state index contributed by atoms with van der Waals surface area (Å²) in [6.07, 6.45) is 0. The van der Waals surface area contributed by atoms with Crippen molar-refractivity contribution in [2.75, 3.05) is 17.2 Å². The maximum absolute atomic E-state index is 13.4. The Labute approximate surface area is 120 Å². The fraction of sp³-hybridized carbons (Fsp3) is 0.0667. The number of amides is 1. The van der Waals surface area contributed by atoms with Crippen molar-refractivity contribution in [3.63, 3.8) is 0 Å². The van der Waals surface area contributed by atoms with Crippen molar-refractivity contribution < 1.29 is 13.6 Å². The van der Waals surface area contributed by atoms with E-state index in [-0.39, 0.29) is 12.2 Å². The molecule has 21 heavy (non-hydrogen) atoms. The van der Waals surface area contributed by atoms with Crippen molar-refractivity contribution in [2.45, 2.75) is 0 Å². The Kier molecular flexibility index (Phi) is 4.46. The van der Waals surface area contributed by atoms with Crippen LogP contribution in [0.4, 0.5) is 20.2 Å². The number of anilines is 2. The minimum absolute atomic E-state index is 0.308. The van der Waals surface area contributed by atoms with Crippen molar-refractivity contribution in [1.82, 2.24) is 0 Å². The average molecular weight is 287 g/mol. The summed E-state index contributed by atoms with van der Waals surface area (Å²) in [6, 6.07) is 11.8. The van der Waals surface area contributed by atoms with Crippen molar-refractivity contribution in [1.29, 1.82) is 5.26 Å². The van der Waals surface area contributed by atoms with Gasteiger partial charge in [-0.05, 0) is 24.3 Å². The van der Waals surface area contributed by atoms with Crippen molar-refractivity contribution in [2.24, 2.45) is 0 Å². The summed E-state index contributed by atoms with van der Waals surface area (Å²) in [5.41, 5.74) is 0.296. The number of rotatable bonds is 4. The predicted molar refractivity (Wildman–Crippen MR) is 74.6 cm³/mol. The molecule has 0 aromatic heterocycles. The topological polar surface area (TPSA) is 64.9 Å². The van der Waals surface area contributed by atoms with Crippen LogP contribution in [0.1, 0.15) is 5.56 Å². The Hall–Kier alpha value is -2.94. The molecule has 0 heterocycles. The number of nitrogens with one attached hydrogen (secondary N) is 2. The summed E-state index contributed by atoms with van der Waals surface area (Å²) < 4.78 is 26.7. The molecular formula is C15H11F2N3O. The molecular weight excluding hydrogens is 276 g/mol. The lowest BCUT2D eigenvalue weighted by Gasteiger charge is -2.10. The minimum atomic E-state index is -0.778. The smallest absolute Gasteiger partial charge is 0.243 e. The van der Waals surface area contributed by atoms with Gasteiger partial charge in [0.1, 0.15) is 23.4 Å². The zero-order chi connectivity index (χ0) is 15.2.